The second-order valence-electron chi connectivity index (χ2n) is 3.97. The number of benzene rings is 1. The van der Waals surface area contributed by atoms with Crippen molar-refractivity contribution in [2.75, 3.05) is 24.5 Å². The van der Waals surface area contributed by atoms with Crippen LogP contribution in [0.1, 0.15) is 13.3 Å². The Labute approximate surface area is 85.9 Å². The number of para-hydroxylation sites is 1. The Morgan fingerprint density at radius 3 is 2.79 bits per heavy atom. The zero-order valence-corrected chi connectivity index (χ0v) is 8.74. The molecule has 0 spiro atoms. The predicted molar refractivity (Wildman–Crippen MR) is 60.7 cm³/mol. The molecule has 1 fully saturated rings. The minimum absolute atomic E-state index is 0.656. The third kappa shape index (κ3) is 2.26. The molecule has 0 bridgehead atoms. The molecule has 2 nitrogen and oxygen atoms in total. The van der Waals surface area contributed by atoms with Gasteiger partial charge in [-0.1, -0.05) is 18.2 Å². The lowest BCUT2D eigenvalue weighted by atomic mass is 10.2. The lowest BCUT2D eigenvalue weighted by Gasteiger charge is -2.22. The van der Waals surface area contributed by atoms with Crippen LogP contribution in [0, 0.1) is 0 Å². The third-order valence-electron chi connectivity index (χ3n) is 2.83. The van der Waals surface area contributed by atoms with E-state index in [2.05, 4.69) is 47.5 Å². The molecule has 0 saturated carbocycles. The average molecular weight is 190 g/mol. The second kappa shape index (κ2) is 4.47. The average Bonchev–Trinajstić information content (AvgIpc) is 2.44. The maximum absolute atomic E-state index is 3.50. The molecule has 1 N–H and O–H groups in total. The molecular formula is C12H18N2. The largest absolute Gasteiger partial charge is 0.370 e. The van der Waals surface area contributed by atoms with Crippen LogP contribution in [-0.2, 0) is 0 Å². The summed E-state index contributed by atoms with van der Waals surface area (Å²) in [6.45, 7) is 5.64. The lowest BCUT2D eigenvalue weighted by Crippen LogP contribution is -2.28. The topological polar surface area (TPSA) is 15.3 Å². The van der Waals surface area contributed by atoms with Gasteiger partial charge < -0.3 is 10.2 Å². The van der Waals surface area contributed by atoms with Gasteiger partial charge in [-0.2, -0.15) is 0 Å². The zero-order chi connectivity index (χ0) is 9.80. The minimum atomic E-state index is 0.656. The van der Waals surface area contributed by atoms with Crippen molar-refractivity contribution in [1.82, 2.24) is 5.32 Å². The normalized spacial score (nSPS) is 23.2. The molecule has 14 heavy (non-hydrogen) atoms. The van der Waals surface area contributed by atoms with Crippen LogP contribution in [0.25, 0.3) is 0 Å². The van der Waals surface area contributed by atoms with E-state index in [1.54, 1.807) is 0 Å². The summed E-state index contributed by atoms with van der Waals surface area (Å²) in [5.41, 5.74) is 1.35. The molecule has 1 heterocycles. The van der Waals surface area contributed by atoms with Crippen LogP contribution in [0.2, 0.25) is 0 Å². The molecular weight excluding hydrogens is 172 g/mol. The highest BCUT2D eigenvalue weighted by atomic mass is 15.2. The predicted octanol–water partition coefficient (Wildman–Crippen LogP) is 1.87. The maximum Gasteiger partial charge on any atom is 0.0366 e. The number of nitrogens with one attached hydrogen (secondary N) is 1. The molecule has 2 rings (SSSR count). The fourth-order valence-corrected chi connectivity index (χ4v) is 1.91. The van der Waals surface area contributed by atoms with Crippen LogP contribution < -0.4 is 10.2 Å². The molecule has 0 amide bonds. The van der Waals surface area contributed by atoms with Crippen molar-refractivity contribution in [3.63, 3.8) is 0 Å². The summed E-state index contributed by atoms with van der Waals surface area (Å²) >= 11 is 0. The quantitative estimate of drug-likeness (QED) is 0.727. The van der Waals surface area contributed by atoms with Crippen LogP contribution in [0.3, 0.4) is 0 Å². The van der Waals surface area contributed by atoms with Gasteiger partial charge in [-0.15, -0.1) is 0 Å². The van der Waals surface area contributed by atoms with Crippen molar-refractivity contribution in [2.24, 2.45) is 0 Å². The molecule has 0 radical (unpaired) electrons. The fraction of sp³-hybridized carbons (Fsp3) is 0.500. The van der Waals surface area contributed by atoms with Gasteiger partial charge in [-0.05, 0) is 25.5 Å². The van der Waals surface area contributed by atoms with Crippen molar-refractivity contribution < 1.29 is 0 Å². The fourth-order valence-electron chi connectivity index (χ4n) is 1.91. The number of nitrogens with zero attached hydrogens (tertiary/aromatic N) is 1. The van der Waals surface area contributed by atoms with Crippen LogP contribution in [0.4, 0.5) is 5.69 Å². The number of hydrogen-bond acceptors (Lipinski definition) is 2. The van der Waals surface area contributed by atoms with E-state index in [9.17, 15) is 0 Å². The first kappa shape index (κ1) is 9.53. The molecule has 76 valence electrons. The monoisotopic (exact) mass is 190 g/mol. The first-order valence-electron chi connectivity index (χ1n) is 5.39. The van der Waals surface area contributed by atoms with E-state index in [4.69, 9.17) is 0 Å². The van der Waals surface area contributed by atoms with E-state index in [-0.39, 0.29) is 0 Å². The number of anilines is 1. The van der Waals surface area contributed by atoms with Crippen molar-refractivity contribution in [2.45, 2.75) is 19.4 Å². The van der Waals surface area contributed by atoms with Gasteiger partial charge in [-0.3, -0.25) is 0 Å². The summed E-state index contributed by atoms with van der Waals surface area (Å²) in [7, 11) is 0. The first-order valence-corrected chi connectivity index (χ1v) is 5.39. The van der Waals surface area contributed by atoms with Crippen molar-refractivity contribution >= 4 is 5.69 Å². The van der Waals surface area contributed by atoms with Gasteiger partial charge in [0.05, 0.1) is 0 Å². The maximum atomic E-state index is 3.50. The molecule has 1 aromatic rings. The Balaban J connectivity index is 2.04. The molecule has 1 aliphatic heterocycles. The highest BCUT2D eigenvalue weighted by molar-refractivity contribution is 5.46. The summed E-state index contributed by atoms with van der Waals surface area (Å²) < 4.78 is 0. The van der Waals surface area contributed by atoms with Gasteiger partial charge in [0.15, 0.2) is 0 Å². The Hall–Kier alpha value is -1.02. The summed E-state index contributed by atoms with van der Waals surface area (Å²) in [4.78, 5) is 2.45. The Morgan fingerprint density at radius 1 is 1.21 bits per heavy atom. The Bertz CT molecular complexity index is 271. The van der Waals surface area contributed by atoms with Crippen molar-refractivity contribution in [1.29, 1.82) is 0 Å². The highest BCUT2D eigenvalue weighted by Crippen LogP contribution is 2.14. The summed E-state index contributed by atoms with van der Waals surface area (Å²) in [6.07, 6.45) is 1.23. The Kier molecular flexibility index (Phi) is 3.04. The van der Waals surface area contributed by atoms with Gasteiger partial charge in [0, 0.05) is 31.4 Å². The minimum Gasteiger partial charge on any atom is -0.370 e. The van der Waals surface area contributed by atoms with Crippen LogP contribution in [0.15, 0.2) is 30.3 Å². The molecule has 1 aromatic carbocycles. The molecule has 1 atom stereocenters. The van der Waals surface area contributed by atoms with Crippen molar-refractivity contribution in [3.05, 3.63) is 30.3 Å². The second-order valence-corrected chi connectivity index (χ2v) is 3.97. The van der Waals surface area contributed by atoms with Gasteiger partial charge >= 0.3 is 0 Å². The van der Waals surface area contributed by atoms with Gasteiger partial charge in [-0.25, -0.2) is 0 Å². The summed E-state index contributed by atoms with van der Waals surface area (Å²) in [6, 6.07) is 11.3. The summed E-state index contributed by atoms with van der Waals surface area (Å²) in [5.74, 6) is 0. The molecule has 2 heteroatoms. The third-order valence-corrected chi connectivity index (χ3v) is 2.83. The molecule has 0 aliphatic carbocycles. The molecule has 1 aliphatic rings. The molecule has 0 aromatic heterocycles. The first-order chi connectivity index (χ1) is 6.86. The highest BCUT2D eigenvalue weighted by Gasteiger charge is 2.12. The van der Waals surface area contributed by atoms with Gasteiger partial charge in [0.25, 0.3) is 0 Å². The Morgan fingerprint density at radius 2 is 2.00 bits per heavy atom. The number of hydrogen-bond donors (Lipinski definition) is 1. The van der Waals surface area contributed by atoms with E-state index in [0.717, 1.165) is 19.6 Å². The van der Waals surface area contributed by atoms with E-state index in [0.29, 0.717) is 6.04 Å². The van der Waals surface area contributed by atoms with Crippen LogP contribution in [-0.4, -0.2) is 25.7 Å². The van der Waals surface area contributed by atoms with Crippen LogP contribution >= 0.6 is 0 Å². The summed E-state index contributed by atoms with van der Waals surface area (Å²) in [5, 5.41) is 3.50. The van der Waals surface area contributed by atoms with E-state index in [1.165, 1.54) is 12.1 Å². The van der Waals surface area contributed by atoms with E-state index < -0.39 is 0 Å². The lowest BCUT2D eigenvalue weighted by molar-refractivity contribution is 0.566. The zero-order valence-electron chi connectivity index (χ0n) is 8.74. The van der Waals surface area contributed by atoms with Gasteiger partial charge in [0.2, 0.25) is 0 Å². The molecule has 1 saturated heterocycles. The molecule has 1 unspecified atom stereocenters. The smallest absolute Gasteiger partial charge is 0.0366 e. The standard InChI is InChI=1S/C12H18N2/c1-11-7-9-14(10-8-13-11)12-5-3-2-4-6-12/h2-6,11,13H,7-10H2,1H3. The van der Waals surface area contributed by atoms with Crippen LogP contribution in [0.5, 0.6) is 0 Å². The van der Waals surface area contributed by atoms with E-state index in [1.807, 2.05) is 0 Å². The van der Waals surface area contributed by atoms with E-state index >= 15 is 0 Å². The van der Waals surface area contributed by atoms with Crippen molar-refractivity contribution in [3.8, 4) is 0 Å². The number of rotatable bonds is 1. The SMILES string of the molecule is CC1CCN(c2ccccc2)CCN1. The van der Waals surface area contributed by atoms with Gasteiger partial charge in [0.1, 0.15) is 0 Å².